The van der Waals surface area contributed by atoms with Crippen LogP contribution in [-0.4, -0.2) is 35.3 Å². The Bertz CT molecular complexity index is 1910. The molecule has 224 valence electrons. The van der Waals surface area contributed by atoms with Crippen LogP contribution in [0, 0.1) is 0 Å². The fraction of sp³-hybridized carbons (Fsp3) is 0.278. The number of aryl methyl sites for hydroxylation is 2. The summed E-state index contributed by atoms with van der Waals surface area (Å²) >= 11 is 0. The lowest BCUT2D eigenvalue weighted by molar-refractivity contribution is 0.144. The number of benzene rings is 3. The predicted molar refractivity (Wildman–Crippen MR) is 174 cm³/mol. The molecule has 8 nitrogen and oxygen atoms in total. The molecule has 0 amide bonds. The number of imidazole rings is 2. The molecule has 0 saturated carbocycles. The van der Waals surface area contributed by atoms with Gasteiger partial charge in [0.05, 0.1) is 11.0 Å². The lowest BCUT2D eigenvalue weighted by Crippen LogP contribution is -2.06. The number of unbranched alkanes of at least 4 members (excludes halogenated alkanes) is 3. The second-order valence-electron chi connectivity index (χ2n) is 11.1. The number of hydrogen-bond donors (Lipinski definition) is 1. The van der Waals surface area contributed by atoms with Crippen molar-refractivity contribution in [1.29, 1.82) is 0 Å². The maximum atomic E-state index is 11.2. The molecule has 6 rings (SSSR count). The second-order valence-corrected chi connectivity index (χ2v) is 11.1. The van der Waals surface area contributed by atoms with Gasteiger partial charge in [-0.1, -0.05) is 75.6 Å². The Kier molecular flexibility index (Phi) is 8.68. The molecule has 0 saturated heterocycles. The molecule has 8 heteroatoms. The molecule has 0 bridgehead atoms. The average Bonchev–Trinajstić information content (AvgIpc) is 3.57. The van der Waals surface area contributed by atoms with E-state index in [-0.39, 0.29) is 0 Å². The number of para-hydroxylation sites is 1. The first-order chi connectivity index (χ1) is 21.6. The number of fused-ring (bicyclic) bond motifs is 2. The molecule has 44 heavy (non-hydrogen) atoms. The van der Waals surface area contributed by atoms with Gasteiger partial charge in [0.15, 0.2) is 5.65 Å². The highest BCUT2D eigenvalue weighted by molar-refractivity contribution is 5.84. The number of ether oxygens (including phenoxy) is 1. The zero-order valence-electron chi connectivity index (χ0n) is 25.2. The molecule has 0 atom stereocenters. The van der Waals surface area contributed by atoms with Crippen LogP contribution in [-0.2, 0) is 19.5 Å². The molecular formula is C36H37N5O3. The Labute approximate surface area is 257 Å². The van der Waals surface area contributed by atoms with Crippen LogP contribution in [0.2, 0.25) is 0 Å². The highest BCUT2D eigenvalue weighted by atomic mass is 16.7. The van der Waals surface area contributed by atoms with Crippen molar-refractivity contribution in [2.24, 2.45) is 0 Å². The normalized spacial score (nSPS) is 11.4. The minimum absolute atomic E-state index is 0.317. The van der Waals surface area contributed by atoms with Crippen molar-refractivity contribution in [3.63, 3.8) is 0 Å². The van der Waals surface area contributed by atoms with E-state index in [0.717, 1.165) is 81.9 Å². The maximum Gasteiger partial charge on any atom is 0.511 e. The summed E-state index contributed by atoms with van der Waals surface area (Å²) in [6, 6.07) is 25.8. The Morgan fingerprint density at radius 2 is 1.64 bits per heavy atom. The van der Waals surface area contributed by atoms with Crippen LogP contribution in [0.5, 0.6) is 5.75 Å². The number of hydrogen-bond acceptors (Lipinski definition) is 5. The third kappa shape index (κ3) is 6.06. The van der Waals surface area contributed by atoms with Crippen molar-refractivity contribution >= 4 is 28.4 Å². The number of rotatable bonds is 12. The summed E-state index contributed by atoms with van der Waals surface area (Å²) in [5.74, 6) is 2.31. The Hall–Kier alpha value is -4.98. The number of pyridine rings is 1. The van der Waals surface area contributed by atoms with Crippen LogP contribution < -0.4 is 4.74 Å². The van der Waals surface area contributed by atoms with Gasteiger partial charge < -0.3 is 19.0 Å². The quantitative estimate of drug-likeness (QED) is 0.0874. The Morgan fingerprint density at radius 3 is 2.43 bits per heavy atom. The van der Waals surface area contributed by atoms with Gasteiger partial charge in [0, 0.05) is 36.8 Å². The van der Waals surface area contributed by atoms with Gasteiger partial charge in [-0.3, -0.25) is 0 Å². The van der Waals surface area contributed by atoms with E-state index in [9.17, 15) is 4.79 Å². The van der Waals surface area contributed by atoms with Gasteiger partial charge in [0.1, 0.15) is 22.9 Å². The van der Waals surface area contributed by atoms with E-state index < -0.39 is 6.16 Å². The van der Waals surface area contributed by atoms with Crippen LogP contribution in [0.25, 0.3) is 44.7 Å². The second kappa shape index (κ2) is 13.1. The SMILES string of the molecule is CCCCCCn1c(-c2ccc3nc(CCC)n(Cc4ccc(-c5ccccc5OC(=O)O)cc4)c3c2)nc2cccnc21. The van der Waals surface area contributed by atoms with Crippen LogP contribution in [0.3, 0.4) is 0 Å². The van der Waals surface area contributed by atoms with Crippen molar-refractivity contribution in [2.45, 2.75) is 65.5 Å². The van der Waals surface area contributed by atoms with Crippen molar-refractivity contribution in [1.82, 2.24) is 24.1 Å². The molecule has 3 aromatic carbocycles. The molecule has 6 aromatic rings. The molecule has 0 unspecified atom stereocenters. The van der Waals surface area contributed by atoms with Crippen LogP contribution in [0.15, 0.2) is 85.1 Å². The zero-order chi connectivity index (χ0) is 30.5. The van der Waals surface area contributed by atoms with Gasteiger partial charge in [0.25, 0.3) is 0 Å². The number of carboxylic acid groups (broad SMARTS) is 1. The molecule has 0 fully saturated rings. The van der Waals surface area contributed by atoms with Crippen molar-refractivity contribution < 1.29 is 14.6 Å². The van der Waals surface area contributed by atoms with Crippen LogP contribution in [0.4, 0.5) is 4.79 Å². The Morgan fingerprint density at radius 1 is 0.818 bits per heavy atom. The minimum atomic E-state index is -1.33. The van der Waals surface area contributed by atoms with E-state index in [1.165, 1.54) is 19.3 Å². The van der Waals surface area contributed by atoms with Gasteiger partial charge in [0.2, 0.25) is 0 Å². The van der Waals surface area contributed by atoms with Crippen LogP contribution >= 0.6 is 0 Å². The van der Waals surface area contributed by atoms with Crippen LogP contribution in [0.1, 0.15) is 57.3 Å². The average molecular weight is 588 g/mol. The van der Waals surface area contributed by atoms with E-state index >= 15 is 0 Å². The third-order valence-electron chi connectivity index (χ3n) is 7.99. The van der Waals surface area contributed by atoms with E-state index in [1.807, 2.05) is 42.6 Å². The summed E-state index contributed by atoms with van der Waals surface area (Å²) in [5.41, 5.74) is 7.69. The molecule has 0 aliphatic heterocycles. The van der Waals surface area contributed by atoms with Crippen molar-refractivity contribution in [3.05, 3.63) is 96.4 Å². The smallest absolute Gasteiger partial charge is 0.449 e. The predicted octanol–water partition coefficient (Wildman–Crippen LogP) is 8.75. The molecule has 0 aliphatic rings. The summed E-state index contributed by atoms with van der Waals surface area (Å²) < 4.78 is 9.59. The first-order valence-corrected chi connectivity index (χ1v) is 15.5. The largest absolute Gasteiger partial charge is 0.511 e. The number of carbonyl (C=O) groups is 1. The molecule has 0 aliphatic carbocycles. The van der Waals surface area contributed by atoms with E-state index in [1.54, 1.807) is 12.1 Å². The monoisotopic (exact) mass is 587 g/mol. The molecule has 1 N–H and O–H groups in total. The zero-order valence-corrected chi connectivity index (χ0v) is 25.2. The molecule has 0 spiro atoms. The maximum absolute atomic E-state index is 11.2. The Balaban J connectivity index is 1.36. The standard InChI is InChI=1S/C36H37N5O3/c1-3-5-6-9-22-40-34(39-30-13-10-21-37-35(30)40)27-19-20-29-31(23-27)41(33(38-29)11-4-2)24-25-15-17-26(18-16-25)28-12-7-8-14-32(28)44-36(42)43/h7-8,10,12-21,23H,3-6,9,11,22,24H2,1-2H3,(H,42,43). The summed E-state index contributed by atoms with van der Waals surface area (Å²) in [7, 11) is 0. The molecule has 3 heterocycles. The lowest BCUT2D eigenvalue weighted by atomic mass is 10.0. The van der Waals surface area contributed by atoms with Gasteiger partial charge in [-0.25, -0.2) is 19.7 Å². The molecular weight excluding hydrogens is 550 g/mol. The number of nitrogens with zero attached hydrogens (tertiary/aromatic N) is 5. The molecule has 3 aromatic heterocycles. The van der Waals surface area contributed by atoms with E-state index in [2.05, 4.69) is 58.3 Å². The van der Waals surface area contributed by atoms with Gasteiger partial charge in [-0.2, -0.15) is 0 Å². The highest BCUT2D eigenvalue weighted by Gasteiger charge is 2.17. The summed E-state index contributed by atoms with van der Waals surface area (Å²) in [5, 5.41) is 9.15. The first-order valence-electron chi connectivity index (χ1n) is 15.5. The van der Waals surface area contributed by atoms with E-state index in [4.69, 9.17) is 19.8 Å². The summed E-state index contributed by atoms with van der Waals surface area (Å²) in [4.78, 5) is 25.9. The number of aromatic nitrogens is 5. The fourth-order valence-electron chi connectivity index (χ4n) is 5.85. The van der Waals surface area contributed by atoms with Crippen molar-refractivity contribution in [2.75, 3.05) is 0 Å². The van der Waals surface area contributed by atoms with Gasteiger partial charge in [-0.15, -0.1) is 0 Å². The topological polar surface area (TPSA) is 95.1 Å². The minimum Gasteiger partial charge on any atom is -0.449 e. The highest BCUT2D eigenvalue weighted by Crippen LogP contribution is 2.32. The first kappa shape index (κ1) is 29.1. The lowest BCUT2D eigenvalue weighted by Gasteiger charge is -2.12. The van der Waals surface area contributed by atoms with E-state index in [0.29, 0.717) is 12.3 Å². The fourth-order valence-corrected chi connectivity index (χ4v) is 5.85. The van der Waals surface area contributed by atoms with Crippen molar-refractivity contribution in [3.8, 4) is 28.3 Å². The molecule has 0 radical (unpaired) electrons. The summed E-state index contributed by atoms with van der Waals surface area (Å²) in [6.07, 6.45) is 7.09. The third-order valence-corrected chi connectivity index (χ3v) is 7.99. The summed E-state index contributed by atoms with van der Waals surface area (Å²) in [6.45, 7) is 5.95. The van der Waals surface area contributed by atoms with Gasteiger partial charge >= 0.3 is 6.16 Å². The van der Waals surface area contributed by atoms with Gasteiger partial charge in [-0.05, 0) is 60.4 Å².